The third-order valence-corrected chi connectivity index (χ3v) is 6.15. The fraction of sp³-hybridized carbons (Fsp3) is 0.211. The fourth-order valence-corrected chi connectivity index (χ4v) is 4.68. The SMILES string of the molecule is CS(=O)Cc1cccc(C(=O)N(Cc2cccs2)Cc2cccs2)c1. The van der Waals surface area contributed by atoms with Gasteiger partial charge in [-0.05, 0) is 40.6 Å². The molecule has 0 aliphatic carbocycles. The van der Waals surface area contributed by atoms with Gasteiger partial charge in [-0.2, -0.15) is 0 Å². The van der Waals surface area contributed by atoms with Gasteiger partial charge in [-0.25, -0.2) is 0 Å². The molecule has 1 unspecified atom stereocenters. The van der Waals surface area contributed by atoms with Gasteiger partial charge in [-0.3, -0.25) is 9.00 Å². The second-order valence-corrected chi connectivity index (χ2v) is 9.24. The maximum absolute atomic E-state index is 13.1. The van der Waals surface area contributed by atoms with Gasteiger partial charge in [0, 0.05) is 38.1 Å². The molecule has 2 heterocycles. The average Bonchev–Trinajstić information content (AvgIpc) is 3.27. The van der Waals surface area contributed by atoms with E-state index < -0.39 is 10.8 Å². The minimum absolute atomic E-state index is 0.00513. The summed E-state index contributed by atoms with van der Waals surface area (Å²) < 4.78 is 11.5. The Labute approximate surface area is 158 Å². The number of carbonyl (C=O) groups excluding carboxylic acids is 1. The lowest BCUT2D eigenvalue weighted by atomic mass is 10.1. The Balaban J connectivity index is 1.83. The number of carbonyl (C=O) groups is 1. The van der Waals surface area contributed by atoms with Gasteiger partial charge in [-0.15, -0.1) is 22.7 Å². The molecule has 2 aromatic heterocycles. The van der Waals surface area contributed by atoms with E-state index in [9.17, 15) is 9.00 Å². The Morgan fingerprint density at radius 2 is 1.64 bits per heavy atom. The van der Waals surface area contributed by atoms with E-state index in [1.54, 1.807) is 28.9 Å². The van der Waals surface area contributed by atoms with Crippen LogP contribution in [0.3, 0.4) is 0 Å². The zero-order valence-corrected chi connectivity index (χ0v) is 16.3. The largest absolute Gasteiger partial charge is 0.328 e. The van der Waals surface area contributed by atoms with Crippen molar-refractivity contribution in [3.8, 4) is 0 Å². The Morgan fingerprint density at radius 3 is 2.16 bits per heavy atom. The van der Waals surface area contributed by atoms with Gasteiger partial charge < -0.3 is 4.90 Å². The second-order valence-electron chi connectivity index (χ2n) is 5.74. The third kappa shape index (κ3) is 5.11. The molecule has 1 amide bonds. The average molecular weight is 390 g/mol. The van der Waals surface area contributed by atoms with Gasteiger partial charge in [0.25, 0.3) is 5.91 Å². The highest BCUT2D eigenvalue weighted by Crippen LogP contribution is 2.20. The van der Waals surface area contributed by atoms with Gasteiger partial charge in [0.05, 0.1) is 13.1 Å². The molecule has 0 radical (unpaired) electrons. The number of rotatable bonds is 7. The van der Waals surface area contributed by atoms with Crippen molar-refractivity contribution in [1.29, 1.82) is 0 Å². The monoisotopic (exact) mass is 389 g/mol. The molecule has 0 bridgehead atoms. The lowest BCUT2D eigenvalue weighted by molar-refractivity contribution is 0.0733. The summed E-state index contributed by atoms with van der Waals surface area (Å²) in [6, 6.07) is 15.6. The predicted octanol–water partition coefficient (Wildman–Crippen LogP) is 4.53. The summed E-state index contributed by atoms with van der Waals surface area (Å²) in [5.41, 5.74) is 1.58. The summed E-state index contributed by atoms with van der Waals surface area (Å²) in [5, 5.41) is 4.06. The van der Waals surface area contributed by atoms with Crippen LogP contribution in [0.2, 0.25) is 0 Å². The molecular weight excluding hydrogens is 370 g/mol. The molecule has 1 aromatic carbocycles. The highest BCUT2D eigenvalue weighted by atomic mass is 32.2. The van der Waals surface area contributed by atoms with Gasteiger partial charge >= 0.3 is 0 Å². The van der Waals surface area contributed by atoms with Crippen molar-refractivity contribution in [2.24, 2.45) is 0 Å². The van der Waals surface area contributed by atoms with Crippen LogP contribution < -0.4 is 0 Å². The van der Waals surface area contributed by atoms with E-state index in [1.807, 2.05) is 52.1 Å². The zero-order valence-electron chi connectivity index (χ0n) is 13.9. The molecule has 0 saturated carbocycles. The van der Waals surface area contributed by atoms with Gasteiger partial charge in [0.1, 0.15) is 0 Å². The molecule has 0 fully saturated rings. The number of amides is 1. The van der Waals surface area contributed by atoms with Crippen molar-refractivity contribution >= 4 is 39.4 Å². The lowest BCUT2D eigenvalue weighted by Crippen LogP contribution is -2.29. The van der Waals surface area contributed by atoms with Crippen LogP contribution in [-0.4, -0.2) is 21.3 Å². The lowest BCUT2D eigenvalue weighted by Gasteiger charge is -2.22. The first kappa shape index (κ1) is 18.0. The van der Waals surface area contributed by atoms with E-state index in [0.29, 0.717) is 24.4 Å². The molecule has 0 saturated heterocycles. The Kier molecular flexibility index (Phi) is 6.18. The smallest absolute Gasteiger partial charge is 0.254 e. The summed E-state index contributed by atoms with van der Waals surface area (Å²) in [5.74, 6) is 0.474. The molecule has 25 heavy (non-hydrogen) atoms. The minimum atomic E-state index is -0.922. The van der Waals surface area contributed by atoms with Crippen molar-refractivity contribution in [2.75, 3.05) is 6.26 Å². The Morgan fingerprint density at radius 1 is 1.00 bits per heavy atom. The molecule has 0 N–H and O–H groups in total. The first-order valence-corrected chi connectivity index (χ1v) is 11.3. The van der Waals surface area contributed by atoms with Gasteiger partial charge in [-0.1, -0.05) is 24.3 Å². The summed E-state index contributed by atoms with van der Waals surface area (Å²) >= 11 is 3.31. The topological polar surface area (TPSA) is 37.4 Å². The number of nitrogens with zero attached hydrogens (tertiary/aromatic N) is 1. The third-order valence-electron chi connectivity index (χ3n) is 3.68. The van der Waals surface area contributed by atoms with E-state index >= 15 is 0 Å². The van der Waals surface area contributed by atoms with E-state index in [1.165, 1.54) is 0 Å². The molecule has 6 heteroatoms. The minimum Gasteiger partial charge on any atom is -0.328 e. The Hall–Kier alpha value is -1.76. The van der Waals surface area contributed by atoms with E-state index in [2.05, 4.69) is 12.1 Å². The highest BCUT2D eigenvalue weighted by Gasteiger charge is 2.18. The van der Waals surface area contributed by atoms with Crippen molar-refractivity contribution in [1.82, 2.24) is 4.90 Å². The first-order valence-electron chi connectivity index (χ1n) is 7.85. The summed E-state index contributed by atoms with van der Waals surface area (Å²) in [4.78, 5) is 17.3. The molecule has 130 valence electrons. The predicted molar refractivity (Wildman–Crippen MR) is 106 cm³/mol. The van der Waals surface area contributed by atoms with Gasteiger partial charge in [0.15, 0.2) is 0 Å². The van der Waals surface area contributed by atoms with Crippen molar-refractivity contribution < 1.29 is 9.00 Å². The molecule has 0 aliphatic rings. The molecule has 0 spiro atoms. The fourth-order valence-electron chi connectivity index (χ4n) is 2.59. The normalized spacial score (nSPS) is 12.0. The van der Waals surface area contributed by atoms with Crippen molar-refractivity contribution in [3.63, 3.8) is 0 Å². The summed E-state index contributed by atoms with van der Waals surface area (Å²) in [6.45, 7) is 1.19. The molecule has 3 nitrogen and oxygen atoms in total. The maximum Gasteiger partial charge on any atom is 0.254 e. The second kappa shape index (κ2) is 8.56. The molecule has 1 atom stereocenters. The molecule has 0 aliphatic heterocycles. The molecule has 3 aromatic rings. The summed E-state index contributed by atoms with van der Waals surface area (Å²) in [7, 11) is -0.922. The van der Waals surface area contributed by atoms with Crippen LogP contribution in [0.25, 0.3) is 0 Å². The zero-order chi connectivity index (χ0) is 17.6. The van der Waals surface area contributed by atoms with Crippen LogP contribution in [0.1, 0.15) is 25.7 Å². The number of benzene rings is 1. The molecular formula is C19H19NO2S3. The summed E-state index contributed by atoms with van der Waals surface area (Å²) in [6.07, 6.45) is 1.67. The quantitative estimate of drug-likeness (QED) is 0.595. The van der Waals surface area contributed by atoms with Crippen LogP contribution in [0, 0.1) is 0 Å². The van der Waals surface area contributed by atoms with Crippen LogP contribution in [0.4, 0.5) is 0 Å². The van der Waals surface area contributed by atoms with Crippen LogP contribution in [-0.2, 0) is 29.6 Å². The van der Waals surface area contributed by atoms with E-state index in [-0.39, 0.29) is 5.91 Å². The van der Waals surface area contributed by atoms with Crippen LogP contribution >= 0.6 is 22.7 Å². The Bertz CT molecular complexity index is 805. The molecule has 3 rings (SSSR count). The maximum atomic E-state index is 13.1. The van der Waals surface area contributed by atoms with E-state index in [0.717, 1.165) is 15.3 Å². The first-order chi connectivity index (χ1) is 12.1. The number of hydrogen-bond acceptors (Lipinski definition) is 4. The highest BCUT2D eigenvalue weighted by molar-refractivity contribution is 7.83. The standard InChI is InChI=1S/C19H19NO2S3/c1-25(22)14-15-5-2-6-16(11-15)19(21)20(12-17-7-3-9-23-17)13-18-8-4-10-24-18/h2-11H,12-14H2,1H3. The van der Waals surface area contributed by atoms with Crippen molar-refractivity contribution in [3.05, 3.63) is 80.2 Å². The van der Waals surface area contributed by atoms with E-state index in [4.69, 9.17) is 0 Å². The number of thiophene rings is 2. The number of hydrogen-bond donors (Lipinski definition) is 0. The van der Waals surface area contributed by atoms with Crippen molar-refractivity contribution in [2.45, 2.75) is 18.8 Å². The van der Waals surface area contributed by atoms with Crippen LogP contribution in [0.15, 0.2) is 59.3 Å². The van der Waals surface area contributed by atoms with Crippen LogP contribution in [0.5, 0.6) is 0 Å². The van der Waals surface area contributed by atoms with Gasteiger partial charge in [0.2, 0.25) is 0 Å².